The van der Waals surface area contributed by atoms with Crippen LogP contribution in [0, 0.1) is 0 Å². The molecule has 0 saturated carbocycles. The first kappa shape index (κ1) is 16.9. The second-order valence-corrected chi connectivity index (χ2v) is 5.49. The van der Waals surface area contributed by atoms with Crippen LogP contribution in [0.25, 0.3) is 0 Å². The molecule has 0 radical (unpaired) electrons. The molecule has 0 spiro atoms. The molecule has 1 atom stereocenters. The van der Waals surface area contributed by atoms with Crippen LogP contribution in [0.3, 0.4) is 0 Å². The Morgan fingerprint density at radius 3 is 2.85 bits per heavy atom. The van der Waals surface area contributed by atoms with Gasteiger partial charge in [0.2, 0.25) is 5.91 Å². The number of nitrogens with zero attached hydrogens (tertiary/aromatic N) is 1. The number of ether oxygens (including phenoxy) is 1. The summed E-state index contributed by atoms with van der Waals surface area (Å²) in [6.45, 7) is 6.31. The predicted molar refractivity (Wildman–Crippen MR) is 75.6 cm³/mol. The van der Waals surface area contributed by atoms with E-state index in [-0.39, 0.29) is 24.5 Å². The first-order chi connectivity index (χ1) is 9.49. The van der Waals surface area contributed by atoms with Crippen LogP contribution < -0.4 is 5.32 Å². The van der Waals surface area contributed by atoms with Crippen LogP contribution in [0.15, 0.2) is 0 Å². The lowest BCUT2D eigenvalue weighted by molar-refractivity contribution is -0.138. The van der Waals surface area contributed by atoms with Crippen molar-refractivity contribution in [3.8, 4) is 0 Å². The maximum absolute atomic E-state index is 11.8. The largest absolute Gasteiger partial charge is 0.481 e. The van der Waals surface area contributed by atoms with Gasteiger partial charge in [0, 0.05) is 19.2 Å². The normalized spacial score (nSPS) is 19.4. The highest BCUT2D eigenvalue weighted by molar-refractivity contribution is 5.78. The first-order valence-electron chi connectivity index (χ1n) is 7.33. The third-order valence-corrected chi connectivity index (χ3v) is 3.35. The fraction of sp³-hybridized carbons (Fsp3) is 0.857. The number of carbonyl (C=O) groups excluding carboxylic acids is 1. The summed E-state index contributed by atoms with van der Waals surface area (Å²) in [7, 11) is 0. The van der Waals surface area contributed by atoms with Crippen molar-refractivity contribution < 1.29 is 19.4 Å². The van der Waals surface area contributed by atoms with Gasteiger partial charge in [-0.15, -0.1) is 0 Å². The van der Waals surface area contributed by atoms with Gasteiger partial charge in [0.1, 0.15) is 0 Å². The molecule has 0 aromatic rings. The zero-order chi connectivity index (χ0) is 15.0. The summed E-state index contributed by atoms with van der Waals surface area (Å²) in [4.78, 5) is 24.5. The topological polar surface area (TPSA) is 78.9 Å². The summed E-state index contributed by atoms with van der Waals surface area (Å²) >= 11 is 0. The Labute approximate surface area is 120 Å². The summed E-state index contributed by atoms with van der Waals surface area (Å²) in [6.07, 6.45) is 2.96. The summed E-state index contributed by atoms with van der Waals surface area (Å²) in [6, 6.07) is 0.00234. The van der Waals surface area contributed by atoms with E-state index in [1.807, 2.05) is 18.7 Å². The highest BCUT2D eigenvalue weighted by atomic mass is 16.5. The Morgan fingerprint density at radius 1 is 1.45 bits per heavy atom. The van der Waals surface area contributed by atoms with E-state index < -0.39 is 5.97 Å². The van der Waals surface area contributed by atoms with Crippen molar-refractivity contribution in [1.82, 2.24) is 10.2 Å². The number of carboxylic acid groups (broad SMARTS) is 1. The number of rotatable bonds is 9. The molecule has 116 valence electrons. The van der Waals surface area contributed by atoms with Crippen LogP contribution >= 0.6 is 0 Å². The van der Waals surface area contributed by atoms with Crippen LogP contribution in [-0.2, 0) is 14.3 Å². The zero-order valence-corrected chi connectivity index (χ0v) is 12.4. The number of carboxylic acids is 1. The van der Waals surface area contributed by atoms with Gasteiger partial charge in [-0.05, 0) is 39.7 Å². The first-order valence-corrected chi connectivity index (χ1v) is 7.33. The Balaban J connectivity index is 2.16. The molecule has 1 rings (SSSR count). The molecule has 1 saturated heterocycles. The van der Waals surface area contributed by atoms with E-state index in [0.29, 0.717) is 19.7 Å². The van der Waals surface area contributed by atoms with Crippen molar-refractivity contribution in [3.05, 3.63) is 0 Å². The van der Waals surface area contributed by atoms with Crippen molar-refractivity contribution >= 4 is 11.9 Å². The number of aliphatic carboxylic acids is 1. The molecule has 1 aliphatic heterocycles. The van der Waals surface area contributed by atoms with E-state index in [9.17, 15) is 9.59 Å². The molecule has 2 N–H and O–H groups in total. The number of nitrogens with one attached hydrogen (secondary N) is 1. The molecule has 0 aromatic carbocycles. The molecule has 20 heavy (non-hydrogen) atoms. The van der Waals surface area contributed by atoms with Crippen molar-refractivity contribution in [2.24, 2.45) is 0 Å². The van der Waals surface area contributed by atoms with E-state index in [4.69, 9.17) is 9.84 Å². The fourth-order valence-corrected chi connectivity index (χ4v) is 2.40. The van der Waals surface area contributed by atoms with Gasteiger partial charge in [-0.3, -0.25) is 14.5 Å². The fourth-order valence-electron chi connectivity index (χ4n) is 2.40. The molecule has 6 nitrogen and oxygen atoms in total. The maximum Gasteiger partial charge on any atom is 0.304 e. The minimum atomic E-state index is -0.798. The maximum atomic E-state index is 11.8. The van der Waals surface area contributed by atoms with Crippen molar-refractivity contribution in [2.75, 3.05) is 26.2 Å². The molecule has 1 fully saturated rings. The molecule has 6 heteroatoms. The third-order valence-electron chi connectivity index (χ3n) is 3.35. The average molecular weight is 286 g/mol. The summed E-state index contributed by atoms with van der Waals surface area (Å²) in [5.41, 5.74) is 0. The van der Waals surface area contributed by atoms with Crippen molar-refractivity contribution in [2.45, 2.75) is 51.7 Å². The molecular formula is C14H26N2O4. The van der Waals surface area contributed by atoms with Gasteiger partial charge < -0.3 is 15.2 Å². The minimum Gasteiger partial charge on any atom is -0.481 e. The predicted octanol–water partition coefficient (Wildman–Crippen LogP) is 0.857. The Morgan fingerprint density at radius 2 is 2.20 bits per heavy atom. The lowest BCUT2D eigenvalue weighted by Gasteiger charge is -2.22. The number of amides is 1. The average Bonchev–Trinajstić information content (AvgIpc) is 2.75. The van der Waals surface area contributed by atoms with Gasteiger partial charge >= 0.3 is 5.97 Å². The molecule has 1 aliphatic rings. The smallest absolute Gasteiger partial charge is 0.304 e. The van der Waals surface area contributed by atoms with Gasteiger partial charge in [-0.2, -0.15) is 0 Å². The second-order valence-electron chi connectivity index (χ2n) is 5.49. The Bertz CT molecular complexity index is 320. The highest BCUT2D eigenvalue weighted by Crippen LogP contribution is 2.19. The molecule has 1 unspecified atom stereocenters. The Kier molecular flexibility index (Phi) is 7.54. The molecule has 0 aliphatic carbocycles. The van der Waals surface area contributed by atoms with Gasteiger partial charge in [-0.1, -0.05) is 0 Å². The summed E-state index contributed by atoms with van der Waals surface area (Å²) in [5, 5.41) is 11.7. The molecule has 0 bridgehead atoms. The molecule has 0 aromatic heterocycles. The lowest BCUT2D eigenvalue weighted by Crippen LogP contribution is -2.41. The molecular weight excluding hydrogens is 260 g/mol. The number of carbonyl (C=O) groups is 2. The van der Waals surface area contributed by atoms with E-state index in [2.05, 4.69) is 5.32 Å². The van der Waals surface area contributed by atoms with Crippen LogP contribution in [-0.4, -0.2) is 60.3 Å². The SMILES string of the molecule is CC(C)OCCCNC(=O)CN1CCCC1CC(=O)O. The Hall–Kier alpha value is -1.14. The molecule has 1 amide bonds. The third kappa shape index (κ3) is 6.86. The number of hydrogen-bond acceptors (Lipinski definition) is 4. The monoisotopic (exact) mass is 286 g/mol. The van der Waals surface area contributed by atoms with Crippen molar-refractivity contribution in [3.63, 3.8) is 0 Å². The number of likely N-dealkylation sites (tertiary alicyclic amines) is 1. The standard InChI is InChI=1S/C14H26N2O4/c1-11(2)20-8-4-6-15-13(17)10-16-7-3-5-12(16)9-14(18)19/h11-12H,3-10H2,1-2H3,(H,15,17)(H,18,19). The summed E-state index contributed by atoms with van der Waals surface area (Å²) in [5.74, 6) is -0.833. The highest BCUT2D eigenvalue weighted by Gasteiger charge is 2.27. The minimum absolute atomic E-state index is 0.00234. The van der Waals surface area contributed by atoms with Crippen LogP contribution in [0.2, 0.25) is 0 Å². The zero-order valence-electron chi connectivity index (χ0n) is 12.4. The van der Waals surface area contributed by atoms with Gasteiger partial charge in [-0.25, -0.2) is 0 Å². The van der Waals surface area contributed by atoms with Crippen LogP contribution in [0.1, 0.15) is 39.5 Å². The van der Waals surface area contributed by atoms with E-state index in [0.717, 1.165) is 25.8 Å². The van der Waals surface area contributed by atoms with Gasteiger partial charge in [0.25, 0.3) is 0 Å². The van der Waals surface area contributed by atoms with Gasteiger partial charge in [0.05, 0.1) is 19.1 Å². The second kappa shape index (κ2) is 8.92. The number of hydrogen-bond donors (Lipinski definition) is 2. The van der Waals surface area contributed by atoms with Gasteiger partial charge in [0.15, 0.2) is 0 Å². The van der Waals surface area contributed by atoms with E-state index in [1.54, 1.807) is 0 Å². The lowest BCUT2D eigenvalue weighted by atomic mass is 10.1. The van der Waals surface area contributed by atoms with Crippen LogP contribution in [0.4, 0.5) is 0 Å². The van der Waals surface area contributed by atoms with Crippen LogP contribution in [0.5, 0.6) is 0 Å². The summed E-state index contributed by atoms with van der Waals surface area (Å²) < 4.78 is 5.39. The van der Waals surface area contributed by atoms with E-state index >= 15 is 0 Å². The molecule has 1 heterocycles. The van der Waals surface area contributed by atoms with E-state index in [1.165, 1.54) is 0 Å². The van der Waals surface area contributed by atoms with Crippen molar-refractivity contribution in [1.29, 1.82) is 0 Å². The quantitative estimate of drug-likeness (QED) is 0.615.